The number of unbranched alkanes of at least 4 members (excludes halogenated alkanes) is 1. The Balaban J connectivity index is 2.34. The van der Waals surface area contributed by atoms with Crippen LogP contribution < -0.4 is 0 Å². The molecular weight excluding hydrogens is 154 g/mol. The highest BCUT2D eigenvalue weighted by molar-refractivity contribution is 7.11. The van der Waals surface area contributed by atoms with Crippen molar-refractivity contribution in [2.24, 2.45) is 0 Å². The Bertz CT molecular complexity index is 257. The standard InChI is InChI=1S/C9H11NS/c1-8-5-6-9(11-8)4-2-3-7-10/h5-6H,2-4H2,1H3. The van der Waals surface area contributed by atoms with Crippen LogP contribution in [0.2, 0.25) is 0 Å². The Morgan fingerprint density at radius 2 is 2.36 bits per heavy atom. The molecule has 0 saturated carbocycles. The Morgan fingerprint density at radius 1 is 1.55 bits per heavy atom. The van der Waals surface area contributed by atoms with Crippen LogP contribution >= 0.6 is 11.3 Å². The van der Waals surface area contributed by atoms with E-state index in [9.17, 15) is 0 Å². The average Bonchev–Trinajstić information content (AvgIpc) is 2.37. The van der Waals surface area contributed by atoms with Crippen LogP contribution in [0.1, 0.15) is 22.6 Å². The van der Waals surface area contributed by atoms with Crippen LogP contribution in [0.4, 0.5) is 0 Å². The van der Waals surface area contributed by atoms with E-state index in [0.717, 1.165) is 12.8 Å². The maximum absolute atomic E-state index is 8.30. The number of thiophene rings is 1. The van der Waals surface area contributed by atoms with Gasteiger partial charge in [-0.1, -0.05) is 0 Å². The van der Waals surface area contributed by atoms with Gasteiger partial charge < -0.3 is 0 Å². The number of rotatable bonds is 3. The first-order valence-corrected chi connectivity index (χ1v) is 4.57. The molecule has 0 unspecified atom stereocenters. The number of nitriles is 1. The zero-order valence-corrected chi connectivity index (χ0v) is 7.45. The number of hydrogen-bond donors (Lipinski definition) is 0. The SMILES string of the molecule is Cc1ccc(CCCC#N)s1. The normalized spacial score (nSPS) is 9.45. The second-order valence-corrected chi connectivity index (χ2v) is 3.90. The molecule has 0 aliphatic heterocycles. The van der Waals surface area contributed by atoms with E-state index in [1.807, 2.05) is 11.3 Å². The minimum atomic E-state index is 0.678. The van der Waals surface area contributed by atoms with Gasteiger partial charge in [-0.05, 0) is 31.9 Å². The summed E-state index contributed by atoms with van der Waals surface area (Å²) in [7, 11) is 0. The molecule has 0 amide bonds. The van der Waals surface area contributed by atoms with E-state index >= 15 is 0 Å². The summed E-state index contributed by atoms with van der Waals surface area (Å²) < 4.78 is 0. The van der Waals surface area contributed by atoms with Gasteiger partial charge in [-0.25, -0.2) is 0 Å². The first-order valence-electron chi connectivity index (χ1n) is 3.75. The van der Waals surface area contributed by atoms with Crippen molar-refractivity contribution in [3.05, 3.63) is 21.9 Å². The van der Waals surface area contributed by atoms with E-state index in [2.05, 4.69) is 25.1 Å². The van der Waals surface area contributed by atoms with Gasteiger partial charge in [0.1, 0.15) is 0 Å². The third kappa shape index (κ3) is 2.73. The molecule has 0 atom stereocenters. The Kier molecular flexibility index (Phi) is 3.13. The number of nitrogens with zero attached hydrogens (tertiary/aromatic N) is 1. The highest BCUT2D eigenvalue weighted by atomic mass is 32.1. The highest BCUT2D eigenvalue weighted by Gasteiger charge is 1.95. The Morgan fingerprint density at radius 3 is 2.91 bits per heavy atom. The molecule has 58 valence electrons. The van der Waals surface area contributed by atoms with Crippen molar-refractivity contribution in [3.63, 3.8) is 0 Å². The first-order chi connectivity index (χ1) is 5.33. The minimum absolute atomic E-state index is 0.678. The van der Waals surface area contributed by atoms with Gasteiger partial charge in [-0.3, -0.25) is 0 Å². The van der Waals surface area contributed by atoms with Gasteiger partial charge >= 0.3 is 0 Å². The molecule has 0 aliphatic rings. The van der Waals surface area contributed by atoms with Crippen LogP contribution in [0.15, 0.2) is 12.1 Å². The fourth-order valence-electron chi connectivity index (χ4n) is 0.961. The molecule has 1 aromatic heterocycles. The summed E-state index contributed by atoms with van der Waals surface area (Å²) in [5.41, 5.74) is 0. The van der Waals surface area contributed by atoms with Crippen LogP contribution in [-0.2, 0) is 6.42 Å². The predicted octanol–water partition coefficient (Wildman–Crippen LogP) is 2.90. The third-order valence-electron chi connectivity index (χ3n) is 1.51. The first kappa shape index (κ1) is 8.29. The van der Waals surface area contributed by atoms with Crippen molar-refractivity contribution in [1.29, 1.82) is 5.26 Å². The van der Waals surface area contributed by atoms with E-state index in [1.54, 1.807) is 0 Å². The van der Waals surface area contributed by atoms with Crippen molar-refractivity contribution in [3.8, 4) is 6.07 Å². The smallest absolute Gasteiger partial charge is 0.0621 e. The van der Waals surface area contributed by atoms with Crippen molar-refractivity contribution >= 4 is 11.3 Å². The quantitative estimate of drug-likeness (QED) is 0.632. The summed E-state index contributed by atoms with van der Waals surface area (Å²) in [6.45, 7) is 2.11. The summed E-state index contributed by atoms with van der Waals surface area (Å²) in [5, 5.41) is 8.30. The molecular formula is C9H11NS. The van der Waals surface area contributed by atoms with Gasteiger partial charge in [-0.15, -0.1) is 11.3 Å². The van der Waals surface area contributed by atoms with Crippen LogP contribution in [0.3, 0.4) is 0 Å². The van der Waals surface area contributed by atoms with Crippen molar-refractivity contribution in [1.82, 2.24) is 0 Å². The fourth-order valence-corrected chi connectivity index (χ4v) is 1.89. The Labute approximate surface area is 71.3 Å². The van der Waals surface area contributed by atoms with Gasteiger partial charge in [0.2, 0.25) is 0 Å². The molecule has 1 rings (SSSR count). The zero-order chi connectivity index (χ0) is 8.10. The molecule has 0 saturated heterocycles. The summed E-state index contributed by atoms with van der Waals surface area (Å²) in [6, 6.07) is 6.43. The third-order valence-corrected chi connectivity index (χ3v) is 2.57. The van der Waals surface area contributed by atoms with Crippen molar-refractivity contribution in [2.45, 2.75) is 26.2 Å². The summed E-state index contributed by atoms with van der Waals surface area (Å²) in [5.74, 6) is 0. The molecule has 0 fully saturated rings. The van der Waals surface area contributed by atoms with Gasteiger partial charge in [0.15, 0.2) is 0 Å². The molecule has 1 heterocycles. The predicted molar refractivity (Wildman–Crippen MR) is 47.6 cm³/mol. The number of hydrogen-bond acceptors (Lipinski definition) is 2. The number of aryl methyl sites for hydroxylation is 2. The van der Waals surface area contributed by atoms with Crippen molar-refractivity contribution in [2.75, 3.05) is 0 Å². The summed E-state index contributed by atoms with van der Waals surface area (Å²) in [4.78, 5) is 2.76. The highest BCUT2D eigenvalue weighted by Crippen LogP contribution is 2.16. The van der Waals surface area contributed by atoms with Crippen LogP contribution in [0.5, 0.6) is 0 Å². The lowest BCUT2D eigenvalue weighted by Crippen LogP contribution is -1.77. The lowest BCUT2D eigenvalue weighted by Gasteiger charge is -1.89. The molecule has 0 bridgehead atoms. The lowest BCUT2D eigenvalue weighted by molar-refractivity contribution is 0.863. The summed E-state index contributed by atoms with van der Waals surface area (Å²) in [6.07, 6.45) is 2.74. The van der Waals surface area contributed by atoms with Gasteiger partial charge in [0, 0.05) is 16.2 Å². The topological polar surface area (TPSA) is 23.8 Å². The molecule has 0 spiro atoms. The van der Waals surface area contributed by atoms with E-state index in [0.29, 0.717) is 6.42 Å². The van der Waals surface area contributed by atoms with Crippen LogP contribution in [0.25, 0.3) is 0 Å². The lowest BCUT2D eigenvalue weighted by atomic mass is 10.2. The fraction of sp³-hybridized carbons (Fsp3) is 0.444. The molecule has 2 heteroatoms. The van der Waals surface area contributed by atoms with E-state index in [1.165, 1.54) is 9.75 Å². The minimum Gasteiger partial charge on any atom is -0.198 e. The van der Waals surface area contributed by atoms with Gasteiger partial charge in [0.25, 0.3) is 0 Å². The van der Waals surface area contributed by atoms with Crippen LogP contribution in [0, 0.1) is 18.3 Å². The van der Waals surface area contributed by atoms with E-state index < -0.39 is 0 Å². The molecule has 0 aliphatic carbocycles. The second-order valence-electron chi connectivity index (χ2n) is 2.52. The van der Waals surface area contributed by atoms with Crippen molar-refractivity contribution < 1.29 is 0 Å². The van der Waals surface area contributed by atoms with Crippen LogP contribution in [-0.4, -0.2) is 0 Å². The molecule has 0 N–H and O–H groups in total. The van der Waals surface area contributed by atoms with Gasteiger partial charge in [0.05, 0.1) is 6.07 Å². The molecule has 1 aromatic rings. The summed E-state index contributed by atoms with van der Waals surface area (Å²) >= 11 is 1.83. The zero-order valence-electron chi connectivity index (χ0n) is 6.63. The Hall–Kier alpha value is -0.810. The van der Waals surface area contributed by atoms with E-state index in [4.69, 9.17) is 5.26 Å². The van der Waals surface area contributed by atoms with Gasteiger partial charge in [-0.2, -0.15) is 5.26 Å². The maximum atomic E-state index is 8.30. The van der Waals surface area contributed by atoms with E-state index in [-0.39, 0.29) is 0 Å². The largest absolute Gasteiger partial charge is 0.198 e. The monoisotopic (exact) mass is 165 g/mol. The molecule has 1 nitrogen and oxygen atoms in total. The average molecular weight is 165 g/mol. The molecule has 0 radical (unpaired) electrons. The second kappa shape index (κ2) is 4.15. The molecule has 11 heavy (non-hydrogen) atoms. The molecule has 0 aromatic carbocycles. The maximum Gasteiger partial charge on any atom is 0.0621 e.